The van der Waals surface area contributed by atoms with Gasteiger partial charge in [-0.1, -0.05) is 0 Å². The number of anilines is 2. The Kier molecular flexibility index (Phi) is 5.23. The van der Waals surface area contributed by atoms with Gasteiger partial charge < -0.3 is 10.4 Å². The summed E-state index contributed by atoms with van der Waals surface area (Å²) in [5.74, 6) is -3.25. The van der Waals surface area contributed by atoms with Gasteiger partial charge in [-0.3, -0.25) is 0 Å². The summed E-state index contributed by atoms with van der Waals surface area (Å²) in [5.41, 5.74) is -2.00. The predicted molar refractivity (Wildman–Crippen MR) is 88.0 cm³/mol. The number of hydrogen-bond donors (Lipinski definition) is 2. The number of alkyl halides is 3. The zero-order chi connectivity index (χ0) is 20.5. The van der Waals surface area contributed by atoms with Crippen LogP contribution in [0.4, 0.5) is 38.0 Å². The largest absolute Gasteiger partial charge is 0.416 e. The minimum atomic E-state index is -4.66. The molecule has 0 atom stereocenters. The number of nitrogens with zero attached hydrogens (tertiary/aromatic N) is 2. The first-order valence-electron chi connectivity index (χ1n) is 7.74. The molecule has 4 nitrogen and oxygen atoms in total. The number of aliphatic hydroxyl groups excluding tert-OH is 1. The molecule has 0 amide bonds. The van der Waals surface area contributed by atoms with Gasteiger partial charge in [0.05, 0.1) is 18.4 Å². The maximum atomic E-state index is 14.0. The molecule has 0 fully saturated rings. The van der Waals surface area contributed by atoms with Crippen molar-refractivity contribution in [3.8, 4) is 11.3 Å². The Hall–Kier alpha value is -3.14. The van der Waals surface area contributed by atoms with Crippen LogP contribution in [0.15, 0.2) is 42.6 Å². The summed E-state index contributed by atoms with van der Waals surface area (Å²) >= 11 is 0. The molecule has 0 aliphatic heterocycles. The highest BCUT2D eigenvalue weighted by atomic mass is 19.4. The Morgan fingerprint density at radius 2 is 1.71 bits per heavy atom. The van der Waals surface area contributed by atoms with Crippen LogP contribution in [-0.4, -0.2) is 15.1 Å². The third kappa shape index (κ3) is 4.22. The average Bonchev–Trinajstić information content (AvgIpc) is 2.62. The lowest BCUT2D eigenvalue weighted by molar-refractivity contribution is -0.137. The molecular weight excluding hydrogens is 388 g/mol. The van der Waals surface area contributed by atoms with Crippen molar-refractivity contribution in [1.29, 1.82) is 0 Å². The Morgan fingerprint density at radius 1 is 0.964 bits per heavy atom. The first-order chi connectivity index (χ1) is 13.2. The third-order valence-electron chi connectivity index (χ3n) is 3.69. The van der Waals surface area contributed by atoms with Crippen molar-refractivity contribution in [2.75, 3.05) is 5.32 Å². The van der Waals surface area contributed by atoms with Crippen molar-refractivity contribution in [1.82, 2.24) is 9.97 Å². The Morgan fingerprint density at radius 3 is 2.36 bits per heavy atom. The van der Waals surface area contributed by atoms with E-state index in [1.54, 1.807) is 0 Å². The Labute approximate surface area is 154 Å². The van der Waals surface area contributed by atoms with E-state index in [-0.39, 0.29) is 22.8 Å². The summed E-state index contributed by atoms with van der Waals surface area (Å²) in [7, 11) is 0. The minimum absolute atomic E-state index is 0.0239. The molecule has 3 rings (SSSR count). The number of nitrogens with one attached hydrogen (secondary N) is 1. The summed E-state index contributed by atoms with van der Waals surface area (Å²) in [4.78, 5) is 7.39. The van der Waals surface area contributed by atoms with E-state index in [2.05, 4.69) is 15.3 Å². The van der Waals surface area contributed by atoms with Crippen LogP contribution in [-0.2, 0) is 12.8 Å². The summed E-state index contributed by atoms with van der Waals surface area (Å²) in [6.07, 6.45) is -3.96. The molecule has 3 aromatic rings. The number of rotatable bonds is 4. The average molecular weight is 399 g/mol. The summed E-state index contributed by atoms with van der Waals surface area (Å²) in [6.45, 7) is -0.644. The van der Waals surface area contributed by atoms with Gasteiger partial charge >= 0.3 is 6.18 Å². The van der Waals surface area contributed by atoms with E-state index in [0.717, 1.165) is 24.3 Å². The van der Waals surface area contributed by atoms with Crippen molar-refractivity contribution in [2.24, 2.45) is 0 Å². The molecule has 1 heterocycles. The normalized spacial score (nSPS) is 11.5. The molecule has 0 aliphatic carbocycles. The highest BCUT2D eigenvalue weighted by molar-refractivity contribution is 5.63. The van der Waals surface area contributed by atoms with Gasteiger partial charge in [0.1, 0.15) is 17.3 Å². The van der Waals surface area contributed by atoms with E-state index in [9.17, 15) is 26.3 Å². The van der Waals surface area contributed by atoms with Crippen LogP contribution in [0.1, 0.15) is 11.1 Å². The van der Waals surface area contributed by atoms with Gasteiger partial charge in [-0.25, -0.2) is 23.1 Å². The van der Waals surface area contributed by atoms with Gasteiger partial charge in [0, 0.05) is 17.3 Å². The predicted octanol–water partition coefficient (Wildman–Crippen LogP) is 4.82. The second-order valence-corrected chi connectivity index (χ2v) is 5.71. The molecule has 2 N–H and O–H groups in total. The van der Waals surface area contributed by atoms with Crippen LogP contribution >= 0.6 is 0 Å². The van der Waals surface area contributed by atoms with Crippen molar-refractivity contribution in [3.05, 3.63) is 71.2 Å². The molecule has 0 spiro atoms. The first-order valence-corrected chi connectivity index (χ1v) is 7.74. The maximum absolute atomic E-state index is 14.0. The second kappa shape index (κ2) is 7.47. The van der Waals surface area contributed by atoms with Crippen LogP contribution < -0.4 is 5.32 Å². The van der Waals surface area contributed by atoms with Gasteiger partial charge in [-0.05, 0) is 35.9 Å². The molecule has 0 unspecified atom stereocenters. The molecule has 1 aromatic heterocycles. The Bertz CT molecular complexity index is 1020. The van der Waals surface area contributed by atoms with Crippen LogP contribution in [0, 0.1) is 17.5 Å². The number of aromatic nitrogens is 2. The van der Waals surface area contributed by atoms with Gasteiger partial charge in [-0.2, -0.15) is 13.2 Å². The third-order valence-corrected chi connectivity index (χ3v) is 3.69. The lowest BCUT2D eigenvalue weighted by Gasteiger charge is -2.13. The summed E-state index contributed by atoms with van der Waals surface area (Å²) < 4.78 is 79.9. The van der Waals surface area contributed by atoms with Crippen molar-refractivity contribution in [2.45, 2.75) is 12.8 Å². The van der Waals surface area contributed by atoms with E-state index in [1.807, 2.05) is 0 Å². The topological polar surface area (TPSA) is 58.0 Å². The molecule has 0 saturated heterocycles. The fourth-order valence-electron chi connectivity index (χ4n) is 2.45. The fourth-order valence-corrected chi connectivity index (χ4v) is 2.45. The monoisotopic (exact) mass is 399 g/mol. The molecule has 0 radical (unpaired) electrons. The smallest absolute Gasteiger partial charge is 0.392 e. The highest BCUT2D eigenvalue weighted by Crippen LogP contribution is 2.33. The molecular formula is C18H11F6N3O. The van der Waals surface area contributed by atoms with E-state index in [0.29, 0.717) is 12.3 Å². The SMILES string of the molecule is OCc1cc(Nc2ncc(F)c(-c3ccc(F)cc3F)n2)cc(C(F)(F)F)c1. The quantitative estimate of drug-likeness (QED) is 0.618. The Balaban J connectivity index is 2.00. The highest BCUT2D eigenvalue weighted by Gasteiger charge is 2.31. The van der Waals surface area contributed by atoms with E-state index >= 15 is 0 Å². The van der Waals surface area contributed by atoms with Crippen molar-refractivity contribution >= 4 is 11.6 Å². The zero-order valence-electron chi connectivity index (χ0n) is 13.9. The van der Waals surface area contributed by atoms with E-state index in [1.165, 1.54) is 6.07 Å². The molecule has 0 aliphatic rings. The molecule has 10 heteroatoms. The van der Waals surface area contributed by atoms with Gasteiger partial charge in [0.2, 0.25) is 5.95 Å². The van der Waals surface area contributed by atoms with Crippen molar-refractivity contribution in [3.63, 3.8) is 0 Å². The summed E-state index contributed by atoms with van der Waals surface area (Å²) in [5, 5.41) is 11.6. The number of hydrogen-bond acceptors (Lipinski definition) is 4. The van der Waals surface area contributed by atoms with Gasteiger partial charge in [0.15, 0.2) is 5.82 Å². The molecule has 28 heavy (non-hydrogen) atoms. The summed E-state index contributed by atoms with van der Waals surface area (Å²) in [6, 6.07) is 5.19. The lowest BCUT2D eigenvalue weighted by atomic mass is 10.1. The second-order valence-electron chi connectivity index (χ2n) is 5.71. The van der Waals surface area contributed by atoms with Crippen LogP contribution in [0.2, 0.25) is 0 Å². The van der Waals surface area contributed by atoms with Crippen LogP contribution in [0.25, 0.3) is 11.3 Å². The molecule has 2 aromatic carbocycles. The fraction of sp³-hybridized carbons (Fsp3) is 0.111. The molecule has 0 saturated carbocycles. The van der Waals surface area contributed by atoms with E-state index < -0.39 is 41.5 Å². The van der Waals surface area contributed by atoms with Gasteiger partial charge in [-0.15, -0.1) is 0 Å². The number of halogens is 6. The molecule has 0 bridgehead atoms. The van der Waals surface area contributed by atoms with Crippen LogP contribution in [0.5, 0.6) is 0 Å². The van der Waals surface area contributed by atoms with Crippen molar-refractivity contribution < 1.29 is 31.4 Å². The standard InChI is InChI=1S/C18H11F6N3O/c19-11-1-2-13(14(20)6-11)16-15(21)7-25-17(27-16)26-12-4-9(8-28)3-10(5-12)18(22,23)24/h1-7,28H,8H2,(H,25,26,27). The van der Waals surface area contributed by atoms with Crippen LogP contribution in [0.3, 0.4) is 0 Å². The molecule has 146 valence electrons. The van der Waals surface area contributed by atoms with Gasteiger partial charge in [0.25, 0.3) is 0 Å². The van der Waals surface area contributed by atoms with E-state index in [4.69, 9.17) is 5.11 Å². The number of benzene rings is 2. The first kappa shape index (κ1) is 19.6. The minimum Gasteiger partial charge on any atom is -0.392 e. The zero-order valence-corrected chi connectivity index (χ0v) is 13.9. The maximum Gasteiger partial charge on any atom is 0.416 e. The number of aliphatic hydroxyl groups is 1. The lowest BCUT2D eigenvalue weighted by Crippen LogP contribution is -2.08.